The Labute approximate surface area is 114 Å². The Hall–Kier alpha value is -1.26. The van der Waals surface area contributed by atoms with Gasteiger partial charge in [0.15, 0.2) is 0 Å². The molecule has 0 unspecified atom stereocenters. The Balaban J connectivity index is 0.00000162. The molecule has 2 rings (SSSR count). The van der Waals surface area contributed by atoms with Gasteiger partial charge in [0.25, 0.3) is 0 Å². The number of ether oxygens (including phenoxy) is 1. The van der Waals surface area contributed by atoms with Gasteiger partial charge in [-0.05, 0) is 31.5 Å². The first-order valence-electron chi connectivity index (χ1n) is 5.98. The summed E-state index contributed by atoms with van der Waals surface area (Å²) in [4.78, 5) is 10.9. The number of anilines is 1. The van der Waals surface area contributed by atoms with Crippen molar-refractivity contribution in [3.8, 4) is 5.75 Å². The van der Waals surface area contributed by atoms with Crippen LogP contribution in [0, 0.1) is 0 Å². The van der Waals surface area contributed by atoms with Crippen molar-refractivity contribution < 1.29 is 9.53 Å². The highest BCUT2D eigenvalue weighted by Gasteiger charge is 2.14. The molecule has 1 saturated heterocycles. The maximum Gasteiger partial charge on any atom is 0.221 e. The van der Waals surface area contributed by atoms with E-state index in [2.05, 4.69) is 10.6 Å². The van der Waals surface area contributed by atoms with Crippen LogP contribution in [0.5, 0.6) is 5.75 Å². The van der Waals surface area contributed by atoms with Crippen molar-refractivity contribution in [3.05, 3.63) is 24.3 Å². The summed E-state index contributed by atoms with van der Waals surface area (Å²) in [6.45, 7) is 3.26. The number of carbonyl (C=O) groups is 1. The predicted molar refractivity (Wildman–Crippen MR) is 74.5 cm³/mol. The van der Waals surface area contributed by atoms with Gasteiger partial charge in [-0.25, -0.2) is 0 Å². The van der Waals surface area contributed by atoms with Crippen molar-refractivity contribution in [3.63, 3.8) is 0 Å². The molecule has 0 aliphatic carbocycles. The molecule has 1 aliphatic heterocycles. The molecule has 1 amide bonds. The van der Waals surface area contributed by atoms with E-state index >= 15 is 0 Å². The Bertz CT molecular complexity index is 392. The van der Waals surface area contributed by atoms with Crippen LogP contribution < -0.4 is 15.4 Å². The molecule has 1 aromatic carbocycles. The van der Waals surface area contributed by atoms with Crippen molar-refractivity contribution in [2.24, 2.45) is 0 Å². The fourth-order valence-corrected chi connectivity index (χ4v) is 1.96. The molecule has 4 nitrogen and oxygen atoms in total. The lowest BCUT2D eigenvalue weighted by Gasteiger charge is -2.12. The molecule has 1 aliphatic rings. The van der Waals surface area contributed by atoms with Gasteiger partial charge in [-0.1, -0.05) is 6.07 Å². The Morgan fingerprint density at radius 3 is 3.06 bits per heavy atom. The van der Waals surface area contributed by atoms with Crippen molar-refractivity contribution >= 4 is 24.0 Å². The molecule has 0 spiro atoms. The van der Waals surface area contributed by atoms with Gasteiger partial charge in [-0.3, -0.25) is 4.79 Å². The summed E-state index contributed by atoms with van der Waals surface area (Å²) in [6.07, 6.45) is 2.39. The van der Waals surface area contributed by atoms with E-state index in [1.54, 1.807) is 0 Å². The van der Waals surface area contributed by atoms with Gasteiger partial charge in [-0.15, -0.1) is 12.4 Å². The SMILES string of the molecule is CC(=O)Nc1cccc(OC[C@@H]2CCCN2)c1.Cl. The quantitative estimate of drug-likeness (QED) is 0.882. The first-order chi connectivity index (χ1) is 8.24. The van der Waals surface area contributed by atoms with Crippen LogP contribution in [0.3, 0.4) is 0 Å². The minimum absolute atomic E-state index is 0. The summed E-state index contributed by atoms with van der Waals surface area (Å²) in [5.41, 5.74) is 0.773. The van der Waals surface area contributed by atoms with Crippen LogP contribution in [-0.4, -0.2) is 25.1 Å². The van der Waals surface area contributed by atoms with Crippen LogP contribution in [0.1, 0.15) is 19.8 Å². The Morgan fingerprint density at radius 2 is 2.39 bits per heavy atom. The summed E-state index contributed by atoms with van der Waals surface area (Å²) >= 11 is 0. The van der Waals surface area contributed by atoms with Gasteiger partial charge in [0.2, 0.25) is 5.91 Å². The molecule has 1 fully saturated rings. The second-order valence-electron chi connectivity index (χ2n) is 4.31. The second-order valence-corrected chi connectivity index (χ2v) is 4.31. The molecule has 0 radical (unpaired) electrons. The number of halogens is 1. The number of hydrogen-bond donors (Lipinski definition) is 2. The molecule has 0 aromatic heterocycles. The van der Waals surface area contributed by atoms with Crippen LogP contribution in [0.15, 0.2) is 24.3 Å². The molecule has 0 bridgehead atoms. The van der Waals surface area contributed by atoms with E-state index in [1.165, 1.54) is 19.8 Å². The molecule has 18 heavy (non-hydrogen) atoms. The number of rotatable bonds is 4. The van der Waals surface area contributed by atoms with Crippen molar-refractivity contribution in [1.29, 1.82) is 0 Å². The highest BCUT2D eigenvalue weighted by Crippen LogP contribution is 2.18. The van der Waals surface area contributed by atoms with Crippen molar-refractivity contribution in [2.75, 3.05) is 18.5 Å². The van der Waals surface area contributed by atoms with Crippen LogP contribution in [0.25, 0.3) is 0 Å². The molecule has 1 aromatic rings. The molecular weight excluding hydrogens is 252 g/mol. The van der Waals surface area contributed by atoms with Gasteiger partial charge in [0.05, 0.1) is 0 Å². The molecule has 1 heterocycles. The molecule has 1 atom stereocenters. The maximum atomic E-state index is 10.9. The van der Waals surface area contributed by atoms with E-state index in [1.807, 2.05) is 24.3 Å². The zero-order valence-electron chi connectivity index (χ0n) is 10.4. The highest BCUT2D eigenvalue weighted by atomic mass is 35.5. The summed E-state index contributed by atoms with van der Waals surface area (Å²) in [6, 6.07) is 7.93. The van der Waals surface area contributed by atoms with Crippen LogP contribution in [0.2, 0.25) is 0 Å². The van der Waals surface area contributed by atoms with Gasteiger partial charge < -0.3 is 15.4 Å². The molecular formula is C13H19ClN2O2. The first-order valence-corrected chi connectivity index (χ1v) is 5.98. The summed E-state index contributed by atoms with van der Waals surface area (Å²) in [5.74, 6) is 0.726. The minimum atomic E-state index is -0.0698. The lowest BCUT2D eigenvalue weighted by atomic mass is 10.2. The number of hydrogen-bond acceptors (Lipinski definition) is 3. The lowest BCUT2D eigenvalue weighted by molar-refractivity contribution is -0.114. The Kier molecular flexibility index (Phi) is 5.95. The average molecular weight is 271 g/mol. The van der Waals surface area contributed by atoms with Crippen LogP contribution in [-0.2, 0) is 4.79 Å². The van der Waals surface area contributed by atoms with Crippen LogP contribution in [0.4, 0.5) is 5.69 Å². The number of amides is 1. The van der Waals surface area contributed by atoms with Crippen LogP contribution >= 0.6 is 12.4 Å². The molecule has 100 valence electrons. The molecule has 0 saturated carbocycles. The monoisotopic (exact) mass is 270 g/mol. The van der Waals surface area contributed by atoms with E-state index in [0.717, 1.165) is 18.0 Å². The molecule has 5 heteroatoms. The first kappa shape index (κ1) is 14.8. The van der Waals surface area contributed by atoms with Crippen molar-refractivity contribution in [2.45, 2.75) is 25.8 Å². The van der Waals surface area contributed by atoms with Gasteiger partial charge in [0.1, 0.15) is 12.4 Å². The van der Waals surface area contributed by atoms with Gasteiger partial charge >= 0.3 is 0 Å². The predicted octanol–water partition coefficient (Wildman–Crippen LogP) is 2.20. The third-order valence-corrected chi connectivity index (χ3v) is 2.77. The summed E-state index contributed by atoms with van der Waals surface area (Å²) in [7, 11) is 0. The largest absolute Gasteiger partial charge is 0.492 e. The van der Waals surface area contributed by atoms with E-state index in [4.69, 9.17) is 4.74 Å². The van der Waals surface area contributed by atoms with Crippen molar-refractivity contribution in [1.82, 2.24) is 5.32 Å². The second kappa shape index (κ2) is 7.24. The minimum Gasteiger partial charge on any atom is -0.492 e. The zero-order chi connectivity index (χ0) is 12.1. The average Bonchev–Trinajstić information content (AvgIpc) is 2.79. The normalized spacial score (nSPS) is 17.9. The fourth-order valence-electron chi connectivity index (χ4n) is 1.96. The van der Waals surface area contributed by atoms with Gasteiger partial charge in [0, 0.05) is 24.7 Å². The lowest BCUT2D eigenvalue weighted by Crippen LogP contribution is -2.28. The number of benzene rings is 1. The highest BCUT2D eigenvalue weighted by molar-refractivity contribution is 5.88. The Morgan fingerprint density at radius 1 is 1.56 bits per heavy atom. The van der Waals surface area contributed by atoms with Gasteiger partial charge in [-0.2, -0.15) is 0 Å². The summed E-state index contributed by atoms with van der Waals surface area (Å²) < 4.78 is 5.70. The smallest absolute Gasteiger partial charge is 0.221 e. The summed E-state index contributed by atoms with van der Waals surface area (Å²) in [5, 5.41) is 6.12. The third-order valence-electron chi connectivity index (χ3n) is 2.77. The third kappa shape index (κ3) is 4.55. The van der Waals surface area contributed by atoms with E-state index in [0.29, 0.717) is 12.6 Å². The number of carbonyl (C=O) groups excluding carboxylic acids is 1. The van der Waals surface area contributed by atoms with E-state index < -0.39 is 0 Å². The molecule has 2 N–H and O–H groups in total. The van der Waals surface area contributed by atoms with E-state index in [9.17, 15) is 4.79 Å². The topological polar surface area (TPSA) is 50.4 Å². The maximum absolute atomic E-state index is 10.9. The number of nitrogens with one attached hydrogen (secondary N) is 2. The van der Waals surface area contributed by atoms with E-state index in [-0.39, 0.29) is 18.3 Å². The zero-order valence-corrected chi connectivity index (χ0v) is 11.3. The standard InChI is InChI=1S/C13H18N2O2.ClH/c1-10(16)15-11-4-2-6-13(8-11)17-9-12-5-3-7-14-12;/h2,4,6,8,12,14H,3,5,7,9H2,1H3,(H,15,16);1H/t12-;/m0./s1. The fraction of sp³-hybridized carbons (Fsp3) is 0.462.